The zero-order valence-corrected chi connectivity index (χ0v) is 11.4. The first-order valence-corrected chi connectivity index (χ1v) is 6.53. The highest BCUT2D eigenvalue weighted by atomic mass is 16.5. The van der Waals surface area contributed by atoms with Crippen molar-refractivity contribution in [2.24, 2.45) is 0 Å². The van der Waals surface area contributed by atoms with Gasteiger partial charge in [-0.1, -0.05) is 0 Å². The van der Waals surface area contributed by atoms with Gasteiger partial charge in [-0.2, -0.15) is 0 Å². The van der Waals surface area contributed by atoms with Gasteiger partial charge < -0.3 is 19.6 Å². The predicted molar refractivity (Wildman–Crippen MR) is 77.5 cm³/mol. The molecular weight excluding hydrogens is 254 g/mol. The molecule has 3 aromatic rings. The van der Waals surface area contributed by atoms with E-state index < -0.39 is 0 Å². The summed E-state index contributed by atoms with van der Waals surface area (Å²) in [4.78, 5) is 8.40. The van der Waals surface area contributed by atoms with Gasteiger partial charge in [0.2, 0.25) is 5.95 Å². The van der Waals surface area contributed by atoms with Crippen LogP contribution in [0.2, 0.25) is 0 Å². The highest BCUT2D eigenvalue weighted by molar-refractivity contribution is 5.79. The molecule has 0 aliphatic carbocycles. The molecule has 104 valence electrons. The lowest BCUT2D eigenvalue weighted by molar-refractivity contribution is 0.415. The maximum atomic E-state index is 6.00. The van der Waals surface area contributed by atoms with Gasteiger partial charge >= 0.3 is 0 Å². The van der Waals surface area contributed by atoms with Crippen LogP contribution in [0.15, 0.2) is 36.9 Å². The number of nitrogens with two attached hydrogens (primary N) is 1. The van der Waals surface area contributed by atoms with E-state index in [1.807, 2.05) is 35.3 Å². The van der Waals surface area contributed by atoms with E-state index in [1.165, 1.54) is 0 Å². The number of rotatable bonds is 5. The first kappa shape index (κ1) is 12.5. The third-order valence-electron chi connectivity index (χ3n) is 3.34. The number of aryl methyl sites for hydroxylation is 2. The minimum Gasteiger partial charge on any atom is -0.497 e. The van der Waals surface area contributed by atoms with Crippen molar-refractivity contribution < 1.29 is 4.74 Å². The van der Waals surface area contributed by atoms with Gasteiger partial charge in [0.1, 0.15) is 5.75 Å². The highest BCUT2D eigenvalue weighted by Crippen LogP contribution is 2.23. The molecule has 3 rings (SSSR count). The Morgan fingerprint density at radius 2 is 2.20 bits per heavy atom. The van der Waals surface area contributed by atoms with Gasteiger partial charge in [0, 0.05) is 31.5 Å². The molecule has 0 bridgehead atoms. The van der Waals surface area contributed by atoms with Crippen LogP contribution >= 0.6 is 0 Å². The molecule has 0 amide bonds. The molecule has 2 N–H and O–H groups in total. The minimum atomic E-state index is 0.541. The Kier molecular flexibility index (Phi) is 3.28. The number of methoxy groups -OCH3 is 1. The van der Waals surface area contributed by atoms with Crippen molar-refractivity contribution in [1.82, 2.24) is 19.1 Å². The molecule has 0 unspecified atom stereocenters. The zero-order chi connectivity index (χ0) is 13.9. The van der Waals surface area contributed by atoms with E-state index in [0.29, 0.717) is 5.95 Å². The summed E-state index contributed by atoms with van der Waals surface area (Å²) in [6.45, 7) is 1.72. The summed E-state index contributed by atoms with van der Waals surface area (Å²) in [5.41, 5.74) is 7.90. The molecule has 0 fully saturated rings. The van der Waals surface area contributed by atoms with Crippen LogP contribution < -0.4 is 10.5 Å². The summed E-state index contributed by atoms with van der Waals surface area (Å²) in [5, 5.41) is 0. The molecule has 2 heterocycles. The van der Waals surface area contributed by atoms with E-state index in [9.17, 15) is 0 Å². The summed E-state index contributed by atoms with van der Waals surface area (Å²) in [5.74, 6) is 1.35. The predicted octanol–water partition coefficient (Wildman–Crippen LogP) is 1.91. The number of aromatic nitrogens is 4. The SMILES string of the molecule is COc1ccc2nc(N)n(CCCn3ccnc3)c2c1. The molecule has 0 saturated carbocycles. The second kappa shape index (κ2) is 5.24. The summed E-state index contributed by atoms with van der Waals surface area (Å²) in [7, 11) is 1.66. The zero-order valence-electron chi connectivity index (χ0n) is 11.4. The Labute approximate surface area is 116 Å². The molecule has 0 spiro atoms. The van der Waals surface area contributed by atoms with Crippen LogP contribution in [0.1, 0.15) is 6.42 Å². The number of hydrogen-bond donors (Lipinski definition) is 1. The van der Waals surface area contributed by atoms with Crippen molar-refractivity contribution in [2.75, 3.05) is 12.8 Å². The number of imidazole rings is 2. The normalized spacial score (nSPS) is 11.1. The van der Waals surface area contributed by atoms with Gasteiger partial charge in [-0.05, 0) is 18.6 Å². The van der Waals surface area contributed by atoms with Crippen molar-refractivity contribution in [2.45, 2.75) is 19.5 Å². The summed E-state index contributed by atoms with van der Waals surface area (Å²) in [6, 6.07) is 5.79. The van der Waals surface area contributed by atoms with Gasteiger partial charge in [-0.25, -0.2) is 9.97 Å². The van der Waals surface area contributed by atoms with Crippen molar-refractivity contribution in [1.29, 1.82) is 0 Å². The van der Waals surface area contributed by atoms with E-state index in [0.717, 1.165) is 36.3 Å². The van der Waals surface area contributed by atoms with Crippen LogP contribution in [0.5, 0.6) is 5.75 Å². The molecule has 0 saturated heterocycles. The van der Waals surface area contributed by atoms with Crippen LogP contribution in [-0.2, 0) is 13.1 Å². The summed E-state index contributed by atoms with van der Waals surface area (Å²) < 4.78 is 9.33. The van der Waals surface area contributed by atoms with Crippen molar-refractivity contribution in [3.05, 3.63) is 36.9 Å². The fourth-order valence-electron chi connectivity index (χ4n) is 2.31. The number of ether oxygens (including phenoxy) is 1. The molecule has 0 radical (unpaired) electrons. The van der Waals surface area contributed by atoms with Crippen LogP contribution in [0.4, 0.5) is 5.95 Å². The second-order valence-corrected chi connectivity index (χ2v) is 4.63. The minimum absolute atomic E-state index is 0.541. The van der Waals surface area contributed by atoms with Crippen LogP contribution in [0, 0.1) is 0 Å². The third-order valence-corrected chi connectivity index (χ3v) is 3.34. The van der Waals surface area contributed by atoms with Crippen LogP contribution in [-0.4, -0.2) is 26.2 Å². The van der Waals surface area contributed by atoms with E-state index in [4.69, 9.17) is 10.5 Å². The monoisotopic (exact) mass is 271 g/mol. The van der Waals surface area contributed by atoms with Crippen LogP contribution in [0.3, 0.4) is 0 Å². The fraction of sp³-hybridized carbons (Fsp3) is 0.286. The van der Waals surface area contributed by atoms with Crippen molar-refractivity contribution >= 4 is 17.0 Å². The standard InChI is InChI=1S/C14H17N5O/c1-20-11-3-4-12-13(9-11)19(14(15)17-12)7-2-6-18-8-5-16-10-18/h3-5,8-10H,2,6-7H2,1H3,(H2,15,17). The molecule has 6 nitrogen and oxygen atoms in total. The Morgan fingerprint density at radius 1 is 1.30 bits per heavy atom. The maximum Gasteiger partial charge on any atom is 0.201 e. The Morgan fingerprint density at radius 3 is 2.95 bits per heavy atom. The first-order valence-electron chi connectivity index (χ1n) is 6.53. The van der Waals surface area contributed by atoms with Crippen LogP contribution in [0.25, 0.3) is 11.0 Å². The Balaban J connectivity index is 1.80. The molecule has 20 heavy (non-hydrogen) atoms. The first-order chi connectivity index (χ1) is 9.78. The number of benzene rings is 1. The molecule has 0 aliphatic heterocycles. The smallest absolute Gasteiger partial charge is 0.201 e. The van der Waals surface area contributed by atoms with Crippen molar-refractivity contribution in [3.8, 4) is 5.75 Å². The molecule has 0 aliphatic rings. The number of hydrogen-bond acceptors (Lipinski definition) is 4. The van der Waals surface area contributed by atoms with Crippen molar-refractivity contribution in [3.63, 3.8) is 0 Å². The Hall–Kier alpha value is -2.50. The molecule has 2 aromatic heterocycles. The van der Waals surface area contributed by atoms with Gasteiger partial charge in [-0.15, -0.1) is 0 Å². The van der Waals surface area contributed by atoms with Gasteiger partial charge in [0.05, 0.1) is 24.5 Å². The third kappa shape index (κ3) is 2.32. The van der Waals surface area contributed by atoms with E-state index in [-0.39, 0.29) is 0 Å². The largest absolute Gasteiger partial charge is 0.497 e. The quantitative estimate of drug-likeness (QED) is 0.769. The van der Waals surface area contributed by atoms with Gasteiger partial charge in [-0.3, -0.25) is 0 Å². The molecule has 6 heteroatoms. The number of nitrogens with zero attached hydrogens (tertiary/aromatic N) is 4. The number of anilines is 1. The lowest BCUT2D eigenvalue weighted by atomic mass is 10.3. The van der Waals surface area contributed by atoms with E-state index in [1.54, 1.807) is 13.3 Å². The fourth-order valence-corrected chi connectivity index (χ4v) is 2.31. The number of nitrogen functional groups attached to an aromatic ring is 1. The summed E-state index contributed by atoms with van der Waals surface area (Å²) in [6.07, 6.45) is 6.52. The molecule has 0 atom stereocenters. The van der Waals surface area contributed by atoms with E-state index in [2.05, 4.69) is 14.5 Å². The average molecular weight is 271 g/mol. The second-order valence-electron chi connectivity index (χ2n) is 4.63. The summed E-state index contributed by atoms with van der Waals surface area (Å²) >= 11 is 0. The topological polar surface area (TPSA) is 70.9 Å². The maximum absolute atomic E-state index is 6.00. The molecule has 1 aromatic carbocycles. The lowest BCUT2D eigenvalue weighted by Gasteiger charge is -2.07. The highest BCUT2D eigenvalue weighted by Gasteiger charge is 2.08. The van der Waals surface area contributed by atoms with Gasteiger partial charge in [0.25, 0.3) is 0 Å². The Bertz CT molecular complexity index is 702. The average Bonchev–Trinajstić information content (AvgIpc) is 3.07. The lowest BCUT2D eigenvalue weighted by Crippen LogP contribution is -2.06. The van der Waals surface area contributed by atoms with Gasteiger partial charge in [0.15, 0.2) is 0 Å². The number of fused-ring (bicyclic) bond motifs is 1. The molecular formula is C14H17N5O. The van der Waals surface area contributed by atoms with E-state index >= 15 is 0 Å².